The van der Waals surface area contributed by atoms with Gasteiger partial charge in [0.2, 0.25) is 10.0 Å². The van der Waals surface area contributed by atoms with Crippen molar-refractivity contribution < 1.29 is 12.8 Å². The molecule has 0 unspecified atom stereocenters. The minimum absolute atomic E-state index is 0.0412. The van der Waals surface area contributed by atoms with Crippen LogP contribution in [-0.4, -0.2) is 45.9 Å². The average molecular weight is 433 g/mol. The summed E-state index contributed by atoms with van der Waals surface area (Å²) in [5.74, 6) is 0.476. The maximum atomic E-state index is 13.6. The summed E-state index contributed by atoms with van der Waals surface area (Å²) >= 11 is 0. The van der Waals surface area contributed by atoms with E-state index in [1.165, 1.54) is 24.5 Å². The molecule has 1 saturated carbocycles. The van der Waals surface area contributed by atoms with Gasteiger partial charge in [-0.1, -0.05) is 24.3 Å². The van der Waals surface area contributed by atoms with Crippen LogP contribution >= 0.6 is 0 Å². The Bertz CT molecular complexity index is 1000. The van der Waals surface area contributed by atoms with E-state index in [-0.39, 0.29) is 16.1 Å². The maximum absolute atomic E-state index is 13.6. The molecule has 8 heteroatoms. The minimum Gasteiger partial charge on any atom is -0.357 e. The molecule has 0 aromatic heterocycles. The molecule has 0 spiro atoms. The van der Waals surface area contributed by atoms with Crippen LogP contribution in [0.15, 0.2) is 58.4 Å². The van der Waals surface area contributed by atoms with Crippen molar-refractivity contribution in [3.8, 4) is 0 Å². The zero-order valence-corrected chi connectivity index (χ0v) is 18.5. The van der Waals surface area contributed by atoms with Crippen molar-refractivity contribution in [2.75, 3.05) is 27.2 Å². The summed E-state index contributed by atoms with van der Waals surface area (Å²) in [6.45, 7) is 3.82. The van der Waals surface area contributed by atoms with Gasteiger partial charge >= 0.3 is 0 Å². The van der Waals surface area contributed by atoms with E-state index >= 15 is 0 Å². The van der Waals surface area contributed by atoms with E-state index in [2.05, 4.69) is 15.6 Å². The van der Waals surface area contributed by atoms with Gasteiger partial charge in [-0.25, -0.2) is 22.1 Å². The monoisotopic (exact) mass is 432 g/mol. The summed E-state index contributed by atoms with van der Waals surface area (Å²) in [5.41, 5.74) is 1.89. The summed E-state index contributed by atoms with van der Waals surface area (Å²) in [7, 11) is -0.410. The predicted molar refractivity (Wildman–Crippen MR) is 117 cm³/mol. The SMILES string of the molecule is CCNC(=NCc1ccc(S(=O)(=O)N(C)C)cc1)NCC1(c2cccc(F)c2)CC1. The van der Waals surface area contributed by atoms with Crippen molar-refractivity contribution in [3.63, 3.8) is 0 Å². The normalized spacial score (nSPS) is 15.8. The maximum Gasteiger partial charge on any atom is 0.242 e. The number of aliphatic imine (C=N–C) groups is 1. The first-order chi connectivity index (χ1) is 14.3. The Kier molecular flexibility index (Phi) is 6.77. The highest BCUT2D eigenvalue weighted by atomic mass is 32.2. The van der Waals surface area contributed by atoms with Gasteiger partial charge in [0.15, 0.2) is 5.96 Å². The highest BCUT2D eigenvalue weighted by molar-refractivity contribution is 7.89. The molecule has 2 aromatic carbocycles. The summed E-state index contributed by atoms with van der Waals surface area (Å²) in [5, 5.41) is 6.61. The molecule has 30 heavy (non-hydrogen) atoms. The van der Waals surface area contributed by atoms with Gasteiger partial charge < -0.3 is 10.6 Å². The van der Waals surface area contributed by atoms with Crippen LogP contribution in [0.1, 0.15) is 30.9 Å². The molecular weight excluding hydrogens is 403 g/mol. The number of hydrogen-bond donors (Lipinski definition) is 2. The van der Waals surface area contributed by atoms with Gasteiger partial charge in [-0.3, -0.25) is 0 Å². The molecule has 162 valence electrons. The molecule has 0 heterocycles. The highest BCUT2D eigenvalue weighted by Crippen LogP contribution is 2.47. The van der Waals surface area contributed by atoms with Crippen molar-refractivity contribution in [1.82, 2.24) is 14.9 Å². The molecule has 0 radical (unpaired) electrons. The van der Waals surface area contributed by atoms with Crippen molar-refractivity contribution in [2.45, 2.75) is 36.6 Å². The largest absolute Gasteiger partial charge is 0.357 e. The molecule has 2 aromatic rings. The fourth-order valence-corrected chi connectivity index (χ4v) is 4.18. The lowest BCUT2D eigenvalue weighted by atomic mass is 9.96. The molecule has 0 aliphatic heterocycles. The molecule has 0 amide bonds. The zero-order chi connectivity index (χ0) is 21.8. The lowest BCUT2D eigenvalue weighted by Crippen LogP contribution is -2.41. The van der Waals surface area contributed by atoms with Gasteiger partial charge in [0, 0.05) is 32.6 Å². The van der Waals surface area contributed by atoms with Crippen molar-refractivity contribution in [1.29, 1.82) is 0 Å². The number of nitrogens with one attached hydrogen (secondary N) is 2. The Morgan fingerprint density at radius 1 is 1.13 bits per heavy atom. The highest BCUT2D eigenvalue weighted by Gasteiger charge is 2.44. The van der Waals surface area contributed by atoms with Gasteiger partial charge in [-0.05, 0) is 55.2 Å². The summed E-state index contributed by atoms with van der Waals surface area (Å²) < 4.78 is 39.1. The van der Waals surface area contributed by atoms with E-state index in [4.69, 9.17) is 0 Å². The van der Waals surface area contributed by atoms with Crippen LogP contribution in [-0.2, 0) is 22.0 Å². The van der Waals surface area contributed by atoms with Crippen molar-refractivity contribution >= 4 is 16.0 Å². The van der Waals surface area contributed by atoms with Crippen LogP contribution in [0.25, 0.3) is 0 Å². The summed E-state index contributed by atoms with van der Waals surface area (Å²) in [4.78, 5) is 4.87. The first-order valence-corrected chi connectivity index (χ1v) is 11.5. The van der Waals surface area contributed by atoms with E-state index in [9.17, 15) is 12.8 Å². The third kappa shape index (κ3) is 5.17. The van der Waals surface area contributed by atoms with Gasteiger partial charge in [0.1, 0.15) is 5.82 Å². The molecule has 3 rings (SSSR count). The number of sulfonamides is 1. The topological polar surface area (TPSA) is 73.8 Å². The Hall–Kier alpha value is -2.45. The van der Waals surface area contributed by atoms with Crippen LogP contribution < -0.4 is 10.6 Å². The number of rotatable bonds is 8. The second-order valence-corrected chi connectivity index (χ2v) is 9.92. The Morgan fingerprint density at radius 2 is 1.83 bits per heavy atom. The molecule has 1 aliphatic rings. The lowest BCUT2D eigenvalue weighted by molar-refractivity contribution is 0.520. The minimum atomic E-state index is -3.43. The molecule has 0 bridgehead atoms. The van der Waals surface area contributed by atoms with Gasteiger partial charge in [0.05, 0.1) is 11.4 Å². The molecule has 1 aliphatic carbocycles. The number of nitrogens with zero attached hydrogens (tertiary/aromatic N) is 2. The van der Waals surface area contributed by atoms with Crippen LogP contribution in [0, 0.1) is 5.82 Å². The lowest BCUT2D eigenvalue weighted by Gasteiger charge is -2.19. The van der Waals surface area contributed by atoms with Crippen molar-refractivity contribution in [3.05, 3.63) is 65.5 Å². The number of hydrogen-bond acceptors (Lipinski definition) is 3. The van der Waals surface area contributed by atoms with Gasteiger partial charge in [-0.15, -0.1) is 0 Å². The fraction of sp³-hybridized carbons (Fsp3) is 0.409. The third-order valence-corrected chi connectivity index (χ3v) is 7.18. The fourth-order valence-electron chi connectivity index (χ4n) is 3.28. The number of benzene rings is 2. The first-order valence-electron chi connectivity index (χ1n) is 10.1. The molecule has 6 nitrogen and oxygen atoms in total. The van der Waals surface area contributed by atoms with E-state index < -0.39 is 10.0 Å². The Morgan fingerprint density at radius 3 is 2.40 bits per heavy atom. The Balaban J connectivity index is 1.65. The average Bonchev–Trinajstić information content (AvgIpc) is 3.51. The molecule has 1 fully saturated rings. The predicted octanol–water partition coefficient (Wildman–Crippen LogP) is 2.86. The smallest absolute Gasteiger partial charge is 0.242 e. The number of guanidine groups is 1. The quantitative estimate of drug-likeness (QED) is 0.497. The van der Waals surface area contributed by atoms with Crippen LogP contribution in [0.2, 0.25) is 0 Å². The summed E-state index contributed by atoms with van der Waals surface area (Å²) in [6.07, 6.45) is 2.04. The van der Waals surface area contributed by atoms with E-state index in [1.807, 2.05) is 13.0 Å². The summed E-state index contributed by atoms with van der Waals surface area (Å²) in [6, 6.07) is 13.6. The molecule has 2 N–H and O–H groups in total. The van der Waals surface area contributed by atoms with E-state index in [1.54, 1.807) is 36.4 Å². The van der Waals surface area contributed by atoms with Gasteiger partial charge in [-0.2, -0.15) is 0 Å². The standard InChI is InChI=1S/C22H29FN4O2S/c1-4-24-21(26-16-22(12-13-22)18-6-5-7-19(23)14-18)25-15-17-8-10-20(11-9-17)30(28,29)27(2)3/h5-11,14H,4,12-13,15-16H2,1-3H3,(H2,24,25,26). The first kappa shape index (κ1) is 22.2. The third-order valence-electron chi connectivity index (χ3n) is 5.35. The van der Waals surface area contributed by atoms with Crippen LogP contribution in [0.4, 0.5) is 4.39 Å². The zero-order valence-electron chi connectivity index (χ0n) is 17.7. The van der Waals surface area contributed by atoms with Crippen LogP contribution in [0.3, 0.4) is 0 Å². The second-order valence-electron chi connectivity index (χ2n) is 7.77. The number of halogens is 1. The Labute approximate surface area is 178 Å². The van der Waals surface area contributed by atoms with E-state index in [0.717, 1.165) is 30.5 Å². The molecule has 0 atom stereocenters. The van der Waals surface area contributed by atoms with Crippen LogP contribution in [0.5, 0.6) is 0 Å². The van der Waals surface area contributed by atoms with Crippen molar-refractivity contribution in [2.24, 2.45) is 4.99 Å². The van der Waals surface area contributed by atoms with E-state index in [0.29, 0.717) is 19.0 Å². The molecular formula is C22H29FN4O2S. The van der Waals surface area contributed by atoms with Gasteiger partial charge in [0.25, 0.3) is 0 Å². The molecule has 0 saturated heterocycles. The second kappa shape index (κ2) is 9.14.